The lowest BCUT2D eigenvalue weighted by molar-refractivity contribution is 0.0888. The lowest BCUT2D eigenvalue weighted by atomic mass is 9.92. The Balaban J connectivity index is 1.35. The molecule has 2 aliphatic rings. The van der Waals surface area contributed by atoms with Crippen molar-refractivity contribution >= 4 is 27.9 Å². The third-order valence-corrected chi connectivity index (χ3v) is 5.65. The van der Waals surface area contributed by atoms with E-state index in [0.29, 0.717) is 18.2 Å². The van der Waals surface area contributed by atoms with Crippen LogP contribution in [0.1, 0.15) is 53.7 Å². The number of nitrogens with two attached hydrogens (primary N) is 1. The van der Waals surface area contributed by atoms with Crippen molar-refractivity contribution in [3.63, 3.8) is 0 Å². The van der Waals surface area contributed by atoms with Crippen molar-refractivity contribution in [3.05, 3.63) is 46.1 Å². The van der Waals surface area contributed by atoms with Crippen LogP contribution in [0, 0.1) is 6.92 Å². The minimum Gasteiger partial charge on any atom is -0.490 e. The largest absolute Gasteiger partial charge is 0.490 e. The van der Waals surface area contributed by atoms with Crippen molar-refractivity contribution < 1.29 is 18.7 Å². The number of aromatic nitrogens is 1. The summed E-state index contributed by atoms with van der Waals surface area (Å²) < 4.78 is 17.7. The summed E-state index contributed by atoms with van der Waals surface area (Å²) in [6, 6.07) is 6.05. The van der Waals surface area contributed by atoms with Gasteiger partial charge in [0.05, 0.1) is 6.10 Å². The van der Waals surface area contributed by atoms with Crippen molar-refractivity contribution in [1.29, 1.82) is 0 Å². The number of nitrogens with one attached hydrogen (secondary N) is 1. The first-order valence-electron chi connectivity index (χ1n) is 9.63. The molecule has 1 unspecified atom stereocenters. The number of nitrogens with zero attached hydrogens (tertiary/aromatic N) is 2. The summed E-state index contributed by atoms with van der Waals surface area (Å²) in [6.07, 6.45) is 4.86. The van der Waals surface area contributed by atoms with Gasteiger partial charge in [-0.3, -0.25) is 4.79 Å². The molecule has 0 saturated heterocycles. The Labute approximate surface area is 177 Å². The van der Waals surface area contributed by atoms with Gasteiger partial charge in [0, 0.05) is 23.0 Å². The lowest BCUT2D eigenvalue weighted by Gasteiger charge is -2.30. The van der Waals surface area contributed by atoms with Crippen molar-refractivity contribution in [2.75, 3.05) is 6.61 Å². The normalized spacial score (nSPS) is 23.9. The zero-order valence-corrected chi connectivity index (χ0v) is 17.6. The van der Waals surface area contributed by atoms with E-state index < -0.39 is 0 Å². The van der Waals surface area contributed by atoms with Gasteiger partial charge in [-0.25, -0.2) is 9.98 Å². The second kappa shape index (κ2) is 8.44. The van der Waals surface area contributed by atoms with Crippen LogP contribution in [0.3, 0.4) is 0 Å². The zero-order chi connectivity index (χ0) is 20.4. The topological polar surface area (TPSA) is 112 Å². The molecule has 1 aliphatic heterocycles. The number of carbonyl (C=O) groups is 1. The Hall–Kier alpha value is -2.55. The number of amidine groups is 1. The molecular formula is C20H23BrN4O4. The molecule has 1 fully saturated rings. The molecule has 0 spiro atoms. The number of hydrogen-bond acceptors (Lipinski definition) is 7. The third-order valence-electron chi connectivity index (χ3n) is 5.16. The average Bonchev–Trinajstić information content (AvgIpc) is 3.33. The molecule has 2 heterocycles. The number of hydrogen-bond donors (Lipinski definition) is 2. The first kappa shape index (κ1) is 19.8. The molecule has 8 nitrogen and oxygen atoms in total. The highest BCUT2D eigenvalue weighted by molar-refractivity contribution is 9.10. The highest BCUT2D eigenvalue weighted by Crippen LogP contribution is 2.35. The summed E-state index contributed by atoms with van der Waals surface area (Å²) >= 11 is 3.51. The zero-order valence-electron chi connectivity index (χ0n) is 16.1. The van der Waals surface area contributed by atoms with Crippen LogP contribution >= 0.6 is 15.9 Å². The Morgan fingerprint density at radius 2 is 2.10 bits per heavy atom. The van der Waals surface area contributed by atoms with Gasteiger partial charge in [0.25, 0.3) is 11.9 Å². The van der Waals surface area contributed by atoms with E-state index in [1.54, 1.807) is 6.92 Å². The number of aliphatic imine (C=N–C) groups is 1. The number of halogens is 1. The van der Waals surface area contributed by atoms with Crippen molar-refractivity contribution in [1.82, 2.24) is 10.3 Å². The molecular weight excluding hydrogens is 440 g/mol. The van der Waals surface area contributed by atoms with E-state index in [-0.39, 0.29) is 30.1 Å². The number of rotatable bonds is 5. The lowest BCUT2D eigenvalue weighted by Crippen LogP contribution is -2.39. The Morgan fingerprint density at radius 3 is 2.76 bits per heavy atom. The van der Waals surface area contributed by atoms with Gasteiger partial charge in [-0.15, -0.1) is 0 Å². The van der Waals surface area contributed by atoms with E-state index in [1.807, 2.05) is 18.2 Å². The van der Waals surface area contributed by atoms with E-state index in [4.69, 9.17) is 19.6 Å². The smallest absolute Gasteiger partial charge is 0.282 e. The number of carbonyl (C=O) groups excluding carboxylic acids is 1. The van der Waals surface area contributed by atoms with Crippen LogP contribution < -0.4 is 15.8 Å². The molecule has 1 atom stereocenters. The maximum absolute atomic E-state index is 12.2. The number of amides is 1. The summed E-state index contributed by atoms with van der Waals surface area (Å²) in [5.74, 6) is 1.08. The molecule has 154 valence electrons. The minimum atomic E-state index is -0.196. The fourth-order valence-electron chi connectivity index (χ4n) is 3.67. The van der Waals surface area contributed by atoms with Gasteiger partial charge in [-0.2, -0.15) is 0 Å². The minimum absolute atomic E-state index is 0.0843. The van der Waals surface area contributed by atoms with Crippen LogP contribution in [0.25, 0.3) is 0 Å². The fraction of sp³-hybridized carbons (Fsp3) is 0.450. The van der Waals surface area contributed by atoms with Gasteiger partial charge in [0.2, 0.25) is 0 Å². The highest BCUT2D eigenvalue weighted by atomic mass is 79.9. The summed E-state index contributed by atoms with van der Waals surface area (Å²) in [4.78, 5) is 20.7. The maximum Gasteiger partial charge on any atom is 0.282 e. The van der Waals surface area contributed by atoms with E-state index in [0.717, 1.165) is 41.5 Å². The van der Waals surface area contributed by atoms with E-state index >= 15 is 0 Å². The summed E-state index contributed by atoms with van der Waals surface area (Å²) in [6.45, 7) is 2.13. The van der Waals surface area contributed by atoms with E-state index in [1.165, 1.54) is 6.26 Å². The standard InChI is InChI=1S/C20H23BrN4O4/c1-11-23-17(10-27-11)19(26)24-13-3-5-14(6-4-13)29-18-7-2-12(21)8-15(18)16-9-28-20(22)25-16/h2,7-8,10,13-14,16H,3-6,9H2,1H3,(H2,22,25)(H,24,26). The fourth-order valence-corrected chi connectivity index (χ4v) is 4.05. The van der Waals surface area contributed by atoms with Gasteiger partial charge in [-0.05, 0) is 43.9 Å². The van der Waals surface area contributed by atoms with Gasteiger partial charge >= 0.3 is 0 Å². The van der Waals surface area contributed by atoms with Crippen LogP contribution in [-0.2, 0) is 4.74 Å². The van der Waals surface area contributed by atoms with Crippen LogP contribution in [0.2, 0.25) is 0 Å². The molecule has 1 aliphatic carbocycles. The average molecular weight is 463 g/mol. The molecule has 9 heteroatoms. The monoisotopic (exact) mass is 462 g/mol. The van der Waals surface area contributed by atoms with Crippen LogP contribution in [0.15, 0.2) is 38.3 Å². The van der Waals surface area contributed by atoms with Crippen LogP contribution in [-0.4, -0.2) is 35.7 Å². The number of aryl methyl sites for hydroxylation is 1. The van der Waals surface area contributed by atoms with E-state index in [9.17, 15) is 4.79 Å². The Kier molecular flexibility index (Phi) is 5.75. The number of ether oxygens (including phenoxy) is 2. The first-order valence-corrected chi connectivity index (χ1v) is 10.4. The van der Waals surface area contributed by atoms with Crippen LogP contribution in [0.5, 0.6) is 5.75 Å². The van der Waals surface area contributed by atoms with Gasteiger partial charge in [-0.1, -0.05) is 15.9 Å². The second-order valence-corrected chi connectivity index (χ2v) is 8.21. The van der Waals surface area contributed by atoms with Crippen molar-refractivity contribution in [2.45, 2.75) is 50.8 Å². The number of oxazole rings is 1. The Morgan fingerprint density at radius 1 is 1.31 bits per heavy atom. The SMILES string of the molecule is Cc1nc(C(=O)NC2CCC(Oc3ccc(Br)cc3C3COC(N)=N3)CC2)co1. The van der Waals surface area contributed by atoms with Gasteiger partial charge in [0.15, 0.2) is 11.6 Å². The summed E-state index contributed by atoms with van der Waals surface area (Å²) in [5.41, 5.74) is 6.94. The van der Waals surface area contributed by atoms with Crippen molar-refractivity contribution in [2.24, 2.45) is 10.7 Å². The molecule has 1 aromatic heterocycles. The predicted molar refractivity (Wildman–Crippen MR) is 110 cm³/mol. The molecule has 0 bridgehead atoms. The van der Waals surface area contributed by atoms with Gasteiger partial charge < -0.3 is 24.9 Å². The van der Waals surface area contributed by atoms with Gasteiger partial charge in [0.1, 0.15) is 24.7 Å². The molecule has 1 saturated carbocycles. The van der Waals surface area contributed by atoms with Crippen LogP contribution in [0.4, 0.5) is 0 Å². The second-order valence-electron chi connectivity index (χ2n) is 7.29. The Bertz CT molecular complexity index is 921. The molecule has 3 N–H and O–H groups in total. The summed E-state index contributed by atoms with van der Waals surface area (Å²) in [5, 5.41) is 3.03. The molecule has 1 aromatic carbocycles. The van der Waals surface area contributed by atoms with E-state index in [2.05, 4.69) is 31.2 Å². The van der Waals surface area contributed by atoms with Crippen molar-refractivity contribution in [3.8, 4) is 5.75 Å². The summed E-state index contributed by atoms with van der Waals surface area (Å²) in [7, 11) is 0. The number of benzene rings is 1. The quantitative estimate of drug-likeness (QED) is 0.704. The maximum atomic E-state index is 12.2. The molecule has 29 heavy (non-hydrogen) atoms. The molecule has 4 rings (SSSR count). The molecule has 2 aromatic rings. The molecule has 1 amide bonds. The molecule has 0 radical (unpaired) electrons. The third kappa shape index (κ3) is 4.72. The highest BCUT2D eigenvalue weighted by Gasteiger charge is 2.27. The predicted octanol–water partition coefficient (Wildman–Crippen LogP) is 3.25. The first-order chi connectivity index (χ1) is 14.0.